The van der Waals surface area contributed by atoms with Crippen LogP contribution in [0.1, 0.15) is 34.6 Å². The Labute approximate surface area is 147 Å². The Morgan fingerprint density at radius 1 is 1.21 bits per heavy atom. The monoisotopic (exact) mass is 356 g/mol. The highest BCUT2D eigenvalue weighted by Crippen LogP contribution is 2.22. The van der Waals surface area contributed by atoms with Crippen LogP contribution < -0.4 is 9.64 Å². The largest absolute Gasteiger partial charge is 0.461 e. The van der Waals surface area contributed by atoms with Crippen LogP contribution in [0.3, 0.4) is 0 Å². The summed E-state index contributed by atoms with van der Waals surface area (Å²) in [5.74, 6) is 0.703. The number of piperazine rings is 1. The maximum atomic E-state index is 12.1. The second-order valence-corrected chi connectivity index (χ2v) is 7.34. The van der Waals surface area contributed by atoms with Gasteiger partial charge in [-0.2, -0.15) is 9.97 Å². The summed E-state index contributed by atoms with van der Waals surface area (Å²) >= 11 is 6.06. The van der Waals surface area contributed by atoms with Crippen LogP contribution in [-0.4, -0.2) is 58.8 Å². The minimum absolute atomic E-state index is 0.0275. The van der Waals surface area contributed by atoms with Crippen LogP contribution in [0.5, 0.6) is 6.01 Å². The summed E-state index contributed by atoms with van der Waals surface area (Å²) in [5.41, 5.74) is -0.489. The Kier molecular flexibility index (Phi) is 5.74. The zero-order valence-electron chi connectivity index (χ0n) is 14.9. The molecule has 1 amide bonds. The normalized spacial score (nSPS) is 15.6. The smallest absolute Gasteiger partial charge is 0.410 e. The molecule has 0 spiro atoms. The number of hydrogen-bond donors (Lipinski definition) is 0. The molecule has 2 rings (SSSR count). The number of ether oxygens (including phenoxy) is 2. The summed E-state index contributed by atoms with van der Waals surface area (Å²) < 4.78 is 10.9. The molecule has 1 aliphatic rings. The van der Waals surface area contributed by atoms with Gasteiger partial charge >= 0.3 is 12.1 Å². The molecule has 1 aromatic rings. The fourth-order valence-corrected chi connectivity index (χ4v) is 2.43. The summed E-state index contributed by atoms with van der Waals surface area (Å²) in [4.78, 5) is 24.3. The first-order valence-electron chi connectivity index (χ1n) is 8.08. The fraction of sp³-hybridized carbons (Fsp3) is 0.688. The van der Waals surface area contributed by atoms with E-state index in [4.69, 9.17) is 21.1 Å². The van der Waals surface area contributed by atoms with Gasteiger partial charge in [-0.25, -0.2) is 4.79 Å². The number of carbonyl (C=O) groups excluding carboxylic acids is 1. The lowest BCUT2D eigenvalue weighted by Gasteiger charge is -2.36. The van der Waals surface area contributed by atoms with Gasteiger partial charge in [-0.05, 0) is 34.6 Å². The van der Waals surface area contributed by atoms with Crippen molar-refractivity contribution in [2.24, 2.45) is 0 Å². The quantitative estimate of drug-likeness (QED) is 0.775. The van der Waals surface area contributed by atoms with E-state index in [1.807, 2.05) is 34.6 Å². The van der Waals surface area contributed by atoms with Gasteiger partial charge in [-0.1, -0.05) is 11.6 Å². The zero-order chi connectivity index (χ0) is 17.9. The summed E-state index contributed by atoms with van der Waals surface area (Å²) in [6.45, 7) is 11.8. The molecule has 1 aliphatic heterocycles. The first-order chi connectivity index (χ1) is 11.1. The molecule has 0 radical (unpaired) electrons. The summed E-state index contributed by atoms with van der Waals surface area (Å²) in [6, 6.07) is 1.97. The van der Waals surface area contributed by atoms with Crippen molar-refractivity contribution in [1.29, 1.82) is 0 Å². The van der Waals surface area contributed by atoms with E-state index in [-0.39, 0.29) is 18.2 Å². The molecule has 0 bridgehead atoms. The van der Waals surface area contributed by atoms with E-state index in [0.29, 0.717) is 37.1 Å². The van der Waals surface area contributed by atoms with Crippen LogP contribution in [0.2, 0.25) is 5.15 Å². The highest BCUT2D eigenvalue weighted by Gasteiger charge is 2.26. The van der Waals surface area contributed by atoms with Gasteiger partial charge in [0.2, 0.25) is 0 Å². The molecular formula is C16H25ClN4O3. The first kappa shape index (κ1) is 18.6. The topological polar surface area (TPSA) is 67.8 Å². The van der Waals surface area contributed by atoms with Crippen LogP contribution >= 0.6 is 11.6 Å². The highest BCUT2D eigenvalue weighted by atomic mass is 35.5. The molecule has 1 aromatic heterocycles. The number of rotatable bonds is 3. The molecule has 1 saturated heterocycles. The van der Waals surface area contributed by atoms with E-state index in [0.717, 1.165) is 0 Å². The van der Waals surface area contributed by atoms with Crippen LogP contribution in [0, 0.1) is 0 Å². The molecule has 0 unspecified atom stereocenters. The minimum atomic E-state index is -0.489. The predicted molar refractivity (Wildman–Crippen MR) is 92.8 cm³/mol. The van der Waals surface area contributed by atoms with E-state index in [1.165, 1.54) is 0 Å². The lowest BCUT2D eigenvalue weighted by atomic mass is 10.2. The minimum Gasteiger partial charge on any atom is -0.461 e. The van der Waals surface area contributed by atoms with Gasteiger partial charge in [-0.15, -0.1) is 0 Å². The molecule has 0 aliphatic carbocycles. The van der Waals surface area contributed by atoms with Gasteiger partial charge in [0.25, 0.3) is 0 Å². The summed E-state index contributed by atoms with van der Waals surface area (Å²) in [6.07, 6.45) is -0.313. The second kappa shape index (κ2) is 7.42. The maximum Gasteiger partial charge on any atom is 0.410 e. The van der Waals surface area contributed by atoms with Gasteiger partial charge in [0.05, 0.1) is 6.10 Å². The van der Waals surface area contributed by atoms with Gasteiger partial charge in [0.1, 0.15) is 16.6 Å². The Balaban J connectivity index is 1.99. The predicted octanol–water partition coefficient (Wildman–Crippen LogP) is 2.97. The molecule has 2 heterocycles. The average Bonchev–Trinajstić information content (AvgIpc) is 2.44. The van der Waals surface area contributed by atoms with E-state index in [9.17, 15) is 4.79 Å². The fourth-order valence-electron chi connectivity index (χ4n) is 2.26. The number of aromatic nitrogens is 2. The molecule has 0 aromatic carbocycles. The van der Waals surface area contributed by atoms with Crippen molar-refractivity contribution in [3.63, 3.8) is 0 Å². The van der Waals surface area contributed by atoms with E-state index in [2.05, 4.69) is 14.9 Å². The van der Waals surface area contributed by atoms with E-state index >= 15 is 0 Å². The second-order valence-electron chi connectivity index (χ2n) is 6.95. The Morgan fingerprint density at radius 2 is 1.83 bits per heavy atom. The van der Waals surface area contributed by atoms with Gasteiger partial charge in [-0.3, -0.25) is 0 Å². The van der Waals surface area contributed by atoms with Crippen molar-refractivity contribution in [3.8, 4) is 6.01 Å². The highest BCUT2D eigenvalue weighted by molar-refractivity contribution is 6.29. The Bertz CT molecular complexity index is 581. The summed E-state index contributed by atoms with van der Waals surface area (Å²) in [5, 5.41) is 0.338. The zero-order valence-corrected chi connectivity index (χ0v) is 15.6. The van der Waals surface area contributed by atoms with Gasteiger partial charge < -0.3 is 19.3 Å². The number of anilines is 1. The molecule has 1 fully saturated rings. The third kappa shape index (κ3) is 5.40. The third-order valence-corrected chi connectivity index (χ3v) is 3.45. The van der Waals surface area contributed by atoms with E-state index in [1.54, 1.807) is 11.0 Å². The molecule has 0 atom stereocenters. The van der Waals surface area contributed by atoms with Crippen molar-refractivity contribution in [2.75, 3.05) is 31.1 Å². The Morgan fingerprint density at radius 3 is 2.38 bits per heavy atom. The van der Waals surface area contributed by atoms with Crippen molar-refractivity contribution in [1.82, 2.24) is 14.9 Å². The van der Waals surface area contributed by atoms with Crippen molar-refractivity contribution in [3.05, 3.63) is 11.2 Å². The molecule has 134 valence electrons. The van der Waals surface area contributed by atoms with Crippen LogP contribution in [0.4, 0.5) is 10.6 Å². The van der Waals surface area contributed by atoms with Crippen molar-refractivity contribution in [2.45, 2.75) is 46.3 Å². The first-order valence-corrected chi connectivity index (χ1v) is 8.46. The van der Waals surface area contributed by atoms with Crippen molar-refractivity contribution >= 4 is 23.5 Å². The number of amides is 1. The lowest BCUT2D eigenvalue weighted by Crippen LogP contribution is -2.50. The molecule has 8 heteroatoms. The number of carbonyl (C=O) groups is 1. The maximum absolute atomic E-state index is 12.1. The molecule has 0 saturated carbocycles. The molecule has 24 heavy (non-hydrogen) atoms. The third-order valence-electron chi connectivity index (χ3n) is 3.26. The summed E-state index contributed by atoms with van der Waals surface area (Å²) in [7, 11) is 0. The number of nitrogens with zero attached hydrogens (tertiary/aromatic N) is 4. The molecule has 7 nitrogen and oxygen atoms in total. The van der Waals surface area contributed by atoms with Gasteiger partial charge in [0.15, 0.2) is 0 Å². The van der Waals surface area contributed by atoms with Crippen LogP contribution in [-0.2, 0) is 4.74 Å². The lowest BCUT2D eigenvalue weighted by molar-refractivity contribution is 0.0240. The molecular weight excluding hydrogens is 332 g/mol. The average molecular weight is 357 g/mol. The van der Waals surface area contributed by atoms with Crippen molar-refractivity contribution < 1.29 is 14.3 Å². The number of halogens is 1. The van der Waals surface area contributed by atoms with Crippen LogP contribution in [0.25, 0.3) is 0 Å². The van der Waals surface area contributed by atoms with Crippen LogP contribution in [0.15, 0.2) is 6.07 Å². The van der Waals surface area contributed by atoms with Gasteiger partial charge in [0, 0.05) is 32.2 Å². The Hall–Kier alpha value is -1.76. The SMILES string of the molecule is CC(C)Oc1nc(Cl)cc(N2CCN(C(=O)OC(C)(C)C)CC2)n1. The molecule has 0 N–H and O–H groups in total. The van der Waals surface area contributed by atoms with E-state index < -0.39 is 5.60 Å². The number of hydrogen-bond acceptors (Lipinski definition) is 6. The standard InChI is InChI=1S/C16H25ClN4O3/c1-11(2)23-14-18-12(17)10-13(19-14)20-6-8-21(9-7-20)15(22)24-16(3,4)5/h10-11H,6-9H2,1-5H3.